The predicted molar refractivity (Wildman–Crippen MR) is 134 cm³/mol. The van der Waals surface area contributed by atoms with E-state index < -0.39 is 17.8 Å². The highest BCUT2D eigenvalue weighted by Gasteiger charge is 2.14. The highest BCUT2D eigenvalue weighted by Crippen LogP contribution is 2.38. The molecule has 0 spiro atoms. The normalized spacial score (nSPS) is 10.6. The molecule has 4 rings (SSSR count). The fourth-order valence-electron chi connectivity index (χ4n) is 3.44. The van der Waals surface area contributed by atoms with E-state index in [1.54, 1.807) is 43.6 Å². The van der Waals surface area contributed by atoms with Crippen molar-refractivity contribution in [2.45, 2.75) is 6.42 Å². The first-order valence-corrected chi connectivity index (χ1v) is 11.1. The molecule has 1 heterocycles. The molecule has 3 aromatic carbocycles. The van der Waals surface area contributed by atoms with Crippen molar-refractivity contribution in [3.05, 3.63) is 83.3 Å². The van der Waals surface area contributed by atoms with E-state index in [-0.39, 0.29) is 11.4 Å². The topological polar surface area (TPSA) is 98.8 Å². The molecule has 0 atom stereocenters. The van der Waals surface area contributed by atoms with Crippen LogP contribution in [0, 0.1) is 5.82 Å². The zero-order valence-electron chi connectivity index (χ0n) is 19.3. The zero-order valence-corrected chi connectivity index (χ0v) is 20.1. The fourth-order valence-corrected chi connectivity index (χ4v) is 3.66. The van der Waals surface area contributed by atoms with Gasteiger partial charge in [0.15, 0.2) is 11.5 Å². The molecule has 8 nitrogen and oxygen atoms in total. The van der Waals surface area contributed by atoms with Crippen molar-refractivity contribution in [1.82, 2.24) is 10.3 Å². The maximum atomic E-state index is 13.0. The Balaban J connectivity index is 1.44. The molecule has 3 amide bonds. The number of carbonyl (C=O) groups is 2. The number of anilines is 1. The van der Waals surface area contributed by atoms with Gasteiger partial charge in [-0.3, -0.25) is 15.1 Å². The van der Waals surface area contributed by atoms with Crippen LogP contribution in [0.5, 0.6) is 23.0 Å². The van der Waals surface area contributed by atoms with E-state index in [9.17, 15) is 14.0 Å². The summed E-state index contributed by atoms with van der Waals surface area (Å²) in [6.07, 6.45) is 1.53. The quantitative estimate of drug-likeness (QED) is 0.330. The number of ether oxygens (including phenoxy) is 3. The lowest BCUT2D eigenvalue weighted by Crippen LogP contribution is -2.35. The molecule has 36 heavy (non-hydrogen) atoms. The Morgan fingerprint density at radius 2 is 1.64 bits per heavy atom. The Bertz CT molecular complexity index is 1430. The summed E-state index contributed by atoms with van der Waals surface area (Å²) in [5, 5.41) is 5.69. The van der Waals surface area contributed by atoms with Gasteiger partial charge in [-0.1, -0.05) is 23.7 Å². The van der Waals surface area contributed by atoms with Crippen LogP contribution < -0.4 is 24.8 Å². The number of imide groups is 1. The molecule has 1 aromatic heterocycles. The van der Waals surface area contributed by atoms with Gasteiger partial charge in [-0.25, -0.2) is 9.18 Å². The average molecular weight is 510 g/mol. The smallest absolute Gasteiger partial charge is 0.325 e. The van der Waals surface area contributed by atoms with E-state index >= 15 is 0 Å². The average Bonchev–Trinajstić information content (AvgIpc) is 2.86. The summed E-state index contributed by atoms with van der Waals surface area (Å²) in [5.74, 6) is 0.955. The van der Waals surface area contributed by atoms with Crippen LogP contribution in [-0.2, 0) is 11.2 Å². The number of hydrogen-bond donors (Lipinski definition) is 2. The molecule has 0 saturated heterocycles. The third kappa shape index (κ3) is 5.81. The first-order chi connectivity index (χ1) is 17.4. The molecule has 4 aromatic rings. The SMILES string of the molecule is COc1cc2nccc(Oc3ccc(NC(=O)NC(=O)Cc4ccc(F)cc4)cc3Cl)c2cc1OC. The van der Waals surface area contributed by atoms with Crippen LogP contribution in [0.1, 0.15) is 5.56 Å². The van der Waals surface area contributed by atoms with Crippen LogP contribution in [0.3, 0.4) is 0 Å². The van der Waals surface area contributed by atoms with Crippen LogP contribution in [0.15, 0.2) is 66.9 Å². The standard InChI is InChI=1S/C26H21ClFN3O5/c1-34-23-13-18-20(14-24(23)35-2)29-10-9-21(18)36-22-8-7-17(12-19(22)27)30-26(33)31-25(32)11-15-3-5-16(28)6-4-15/h3-10,12-14H,11H2,1-2H3,(H2,30,31,32,33). The number of halogens is 2. The zero-order chi connectivity index (χ0) is 25.7. The van der Waals surface area contributed by atoms with Crippen molar-refractivity contribution < 1.29 is 28.2 Å². The number of pyridine rings is 1. The van der Waals surface area contributed by atoms with E-state index in [2.05, 4.69) is 15.6 Å². The Kier molecular flexibility index (Phi) is 7.50. The van der Waals surface area contributed by atoms with Gasteiger partial charge in [0.05, 0.1) is 31.2 Å². The number of benzene rings is 3. The maximum absolute atomic E-state index is 13.0. The number of aromatic nitrogens is 1. The third-order valence-corrected chi connectivity index (χ3v) is 5.44. The molecular formula is C26H21ClFN3O5. The number of urea groups is 1. The summed E-state index contributed by atoms with van der Waals surface area (Å²) in [5.41, 5.74) is 1.57. The maximum Gasteiger partial charge on any atom is 0.325 e. The molecule has 0 saturated carbocycles. The number of nitrogens with zero attached hydrogens (tertiary/aromatic N) is 1. The van der Waals surface area contributed by atoms with Gasteiger partial charge in [0.25, 0.3) is 0 Å². The lowest BCUT2D eigenvalue weighted by molar-refractivity contribution is -0.119. The van der Waals surface area contributed by atoms with Crippen molar-refractivity contribution >= 4 is 40.1 Å². The Morgan fingerprint density at radius 1 is 0.917 bits per heavy atom. The van der Waals surface area contributed by atoms with E-state index in [4.69, 9.17) is 25.8 Å². The first kappa shape index (κ1) is 24.7. The molecule has 0 bridgehead atoms. The first-order valence-electron chi connectivity index (χ1n) is 10.7. The van der Waals surface area contributed by atoms with Gasteiger partial charge in [0.1, 0.15) is 17.3 Å². The molecule has 0 radical (unpaired) electrons. The number of rotatable bonds is 7. The highest BCUT2D eigenvalue weighted by molar-refractivity contribution is 6.32. The summed E-state index contributed by atoms with van der Waals surface area (Å²) in [6, 6.07) is 14.6. The van der Waals surface area contributed by atoms with Crippen LogP contribution in [0.2, 0.25) is 5.02 Å². The van der Waals surface area contributed by atoms with Crippen molar-refractivity contribution in [3.8, 4) is 23.0 Å². The lowest BCUT2D eigenvalue weighted by atomic mass is 10.1. The monoisotopic (exact) mass is 509 g/mol. The highest BCUT2D eigenvalue weighted by atomic mass is 35.5. The number of hydrogen-bond acceptors (Lipinski definition) is 6. The number of carbonyl (C=O) groups excluding carboxylic acids is 2. The summed E-state index contributed by atoms with van der Waals surface area (Å²) in [7, 11) is 3.08. The molecule has 0 aliphatic heterocycles. The van der Waals surface area contributed by atoms with Crippen molar-refractivity contribution in [1.29, 1.82) is 0 Å². The second-order valence-corrected chi connectivity index (χ2v) is 7.99. The molecule has 184 valence electrons. The van der Waals surface area contributed by atoms with Crippen LogP contribution in [0.25, 0.3) is 10.9 Å². The van der Waals surface area contributed by atoms with Gasteiger partial charge in [-0.15, -0.1) is 0 Å². The predicted octanol–water partition coefficient (Wildman–Crippen LogP) is 5.73. The summed E-state index contributed by atoms with van der Waals surface area (Å²) >= 11 is 6.39. The van der Waals surface area contributed by atoms with Gasteiger partial charge in [-0.2, -0.15) is 0 Å². The number of fused-ring (bicyclic) bond motifs is 1. The molecule has 2 N–H and O–H groups in total. The molecule has 0 aliphatic carbocycles. The molecule has 0 unspecified atom stereocenters. The van der Waals surface area contributed by atoms with Gasteiger partial charge >= 0.3 is 6.03 Å². The van der Waals surface area contributed by atoms with Crippen molar-refractivity contribution in [2.24, 2.45) is 0 Å². The Morgan fingerprint density at radius 3 is 2.33 bits per heavy atom. The summed E-state index contributed by atoms with van der Waals surface area (Å²) < 4.78 is 29.7. The van der Waals surface area contributed by atoms with Crippen molar-refractivity contribution in [3.63, 3.8) is 0 Å². The molecule has 0 aliphatic rings. The third-order valence-electron chi connectivity index (χ3n) is 5.15. The largest absolute Gasteiger partial charge is 0.493 e. The van der Waals surface area contributed by atoms with Crippen LogP contribution >= 0.6 is 11.6 Å². The number of methoxy groups -OCH3 is 2. The summed E-state index contributed by atoms with van der Waals surface area (Å²) in [4.78, 5) is 28.6. The summed E-state index contributed by atoms with van der Waals surface area (Å²) in [6.45, 7) is 0. The van der Waals surface area contributed by atoms with E-state index in [0.29, 0.717) is 45.2 Å². The van der Waals surface area contributed by atoms with Gasteiger partial charge < -0.3 is 19.5 Å². The lowest BCUT2D eigenvalue weighted by Gasteiger charge is -2.14. The fraction of sp³-hybridized carbons (Fsp3) is 0.115. The van der Waals surface area contributed by atoms with E-state index in [0.717, 1.165) is 0 Å². The van der Waals surface area contributed by atoms with E-state index in [1.165, 1.54) is 37.4 Å². The van der Waals surface area contributed by atoms with Crippen molar-refractivity contribution in [2.75, 3.05) is 19.5 Å². The van der Waals surface area contributed by atoms with Crippen LogP contribution in [-0.4, -0.2) is 31.1 Å². The number of amides is 3. The van der Waals surface area contributed by atoms with Crippen LogP contribution in [0.4, 0.5) is 14.9 Å². The molecular weight excluding hydrogens is 489 g/mol. The number of nitrogens with one attached hydrogen (secondary N) is 2. The minimum atomic E-state index is -0.729. The Labute approximate surface area is 211 Å². The molecule has 0 fully saturated rings. The molecule has 10 heteroatoms. The second-order valence-electron chi connectivity index (χ2n) is 7.59. The minimum Gasteiger partial charge on any atom is -0.493 e. The van der Waals surface area contributed by atoms with Gasteiger partial charge in [-0.05, 0) is 48.0 Å². The van der Waals surface area contributed by atoms with Gasteiger partial charge in [0.2, 0.25) is 5.91 Å². The Hall–Kier alpha value is -4.37. The second kappa shape index (κ2) is 10.9. The van der Waals surface area contributed by atoms with Gasteiger partial charge in [0, 0.05) is 23.3 Å². The minimum absolute atomic E-state index is 0.0716. The van der Waals surface area contributed by atoms with E-state index in [1.807, 2.05) is 0 Å².